The Labute approximate surface area is 150 Å². The highest BCUT2D eigenvalue weighted by atomic mass is 15.4. The average Bonchev–Trinajstić information content (AvgIpc) is 3.13. The monoisotopic (exact) mass is 335 g/mol. The first-order chi connectivity index (χ1) is 11.4. The Morgan fingerprint density at radius 1 is 0.917 bits per heavy atom. The number of nitrogens with zero attached hydrogens (tertiary/aromatic N) is 3. The molecule has 0 aromatic heterocycles. The Kier molecular flexibility index (Phi) is 6.26. The third kappa shape index (κ3) is 4.34. The van der Waals surface area contributed by atoms with Gasteiger partial charge in [0.1, 0.15) is 0 Å². The van der Waals surface area contributed by atoms with Crippen LogP contribution in [0.15, 0.2) is 0 Å². The van der Waals surface area contributed by atoms with Crippen molar-refractivity contribution in [1.82, 2.24) is 14.7 Å². The van der Waals surface area contributed by atoms with Crippen LogP contribution < -0.4 is 0 Å². The van der Waals surface area contributed by atoms with Gasteiger partial charge in [-0.3, -0.25) is 9.80 Å². The molecular formula is C21H41N3. The molecule has 2 heterocycles. The van der Waals surface area contributed by atoms with E-state index in [4.69, 9.17) is 0 Å². The van der Waals surface area contributed by atoms with E-state index in [-0.39, 0.29) is 0 Å². The summed E-state index contributed by atoms with van der Waals surface area (Å²) in [6.07, 6.45) is 8.63. The van der Waals surface area contributed by atoms with Gasteiger partial charge < -0.3 is 4.90 Å². The molecule has 2 aliphatic heterocycles. The van der Waals surface area contributed by atoms with Crippen molar-refractivity contribution in [2.75, 3.05) is 33.2 Å². The Bertz CT molecular complexity index is 387. The highest BCUT2D eigenvalue weighted by Gasteiger charge is 2.45. The lowest BCUT2D eigenvalue weighted by Crippen LogP contribution is -2.51. The summed E-state index contributed by atoms with van der Waals surface area (Å²) in [6.45, 7) is 14.7. The summed E-state index contributed by atoms with van der Waals surface area (Å²) >= 11 is 0. The first-order valence-electron chi connectivity index (χ1n) is 10.6. The summed E-state index contributed by atoms with van der Waals surface area (Å²) in [5.74, 6) is 1.79. The van der Waals surface area contributed by atoms with Gasteiger partial charge in [-0.1, -0.05) is 13.8 Å². The average molecular weight is 336 g/mol. The molecule has 3 aliphatic rings. The molecule has 1 saturated carbocycles. The Morgan fingerprint density at radius 3 is 2.17 bits per heavy atom. The number of piperazine rings is 1. The van der Waals surface area contributed by atoms with Crippen molar-refractivity contribution in [2.24, 2.45) is 11.8 Å². The normalized spacial score (nSPS) is 35.0. The predicted molar refractivity (Wildman–Crippen MR) is 103 cm³/mol. The van der Waals surface area contributed by atoms with E-state index >= 15 is 0 Å². The minimum absolute atomic E-state index is 0.689. The number of hydrogen-bond acceptors (Lipinski definition) is 3. The molecule has 0 unspecified atom stereocenters. The molecule has 0 radical (unpaired) electrons. The zero-order valence-corrected chi connectivity index (χ0v) is 16.9. The van der Waals surface area contributed by atoms with Crippen molar-refractivity contribution in [2.45, 2.75) is 90.4 Å². The van der Waals surface area contributed by atoms with Gasteiger partial charge in [0.05, 0.1) is 0 Å². The minimum atomic E-state index is 0.689. The molecule has 2 bridgehead atoms. The van der Waals surface area contributed by atoms with Crippen molar-refractivity contribution in [3.63, 3.8) is 0 Å². The van der Waals surface area contributed by atoms with Gasteiger partial charge in [0.25, 0.3) is 0 Å². The lowest BCUT2D eigenvalue weighted by molar-refractivity contribution is 0.0597. The molecular weight excluding hydrogens is 294 g/mol. The van der Waals surface area contributed by atoms with Crippen LogP contribution in [0, 0.1) is 11.8 Å². The fourth-order valence-corrected chi connectivity index (χ4v) is 5.20. The second kappa shape index (κ2) is 8.05. The molecule has 2 atom stereocenters. The van der Waals surface area contributed by atoms with Crippen LogP contribution in [0.2, 0.25) is 0 Å². The van der Waals surface area contributed by atoms with E-state index in [0.717, 1.165) is 30.0 Å². The first kappa shape index (κ1) is 18.7. The lowest BCUT2D eigenvalue weighted by Gasteiger charge is -2.42. The van der Waals surface area contributed by atoms with Crippen LogP contribution >= 0.6 is 0 Å². The zero-order valence-electron chi connectivity index (χ0n) is 16.9. The van der Waals surface area contributed by atoms with Gasteiger partial charge >= 0.3 is 0 Å². The van der Waals surface area contributed by atoms with Gasteiger partial charge in [-0.25, -0.2) is 0 Å². The summed E-state index contributed by atoms with van der Waals surface area (Å²) in [7, 11) is 2.29. The van der Waals surface area contributed by atoms with E-state index in [2.05, 4.69) is 49.4 Å². The van der Waals surface area contributed by atoms with Crippen molar-refractivity contribution in [1.29, 1.82) is 0 Å². The van der Waals surface area contributed by atoms with Crippen molar-refractivity contribution in [3.8, 4) is 0 Å². The van der Waals surface area contributed by atoms with Gasteiger partial charge in [0.2, 0.25) is 0 Å². The molecule has 0 N–H and O–H groups in total. The van der Waals surface area contributed by atoms with Crippen LogP contribution in [0.1, 0.15) is 66.2 Å². The zero-order chi connectivity index (χ0) is 17.3. The van der Waals surface area contributed by atoms with Crippen LogP contribution in [0.25, 0.3) is 0 Å². The summed E-state index contributed by atoms with van der Waals surface area (Å²) in [4.78, 5) is 8.25. The largest absolute Gasteiger partial charge is 0.304 e. The molecule has 24 heavy (non-hydrogen) atoms. The molecule has 0 amide bonds. The van der Waals surface area contributed by atoms with Gasteiger partial charge in [-0.15, -0.1) is 0 Å². The molecule has 1 aliphatic carbocycles. The van der Waals surface area contributed by atoms with Gasteiger partial charge in [-0.2, -0.15) is 0 Å². The van der Waals surface area contributed by atoms with E-state index in [0.29, 0.717) is 6.04 Å². The second-order valence-corrected chi connectivity index (χ2v) is 9.63. The molecule has 3 rings (SSSR count). The molecule has 3 fully saturated rings. The third-order valence-corrected chi connectivity index (χ3v) is 7.10. The highest BCUT2D eigenvalue weighted by molar-refractivity contribution is 5.02. The molecule has 3 heteroatoms. The molecule has 3 nitrogen and oxygen atoms in total. The molecule has 0 spiro atoms. The topological polar surface area (TPSA) is 9.72 Å². The Morgan fingerprint density at radius 2 is 1.62 bits per heavy atom. The minimum Gasteiger partial charge on any atom is -0.304 e. The molecule has 0 aromatic carbocycles. The summed E-state index contributed by atoms with van der Waals surface area (Å²) < 4.78 is 0. The molecule has 0 aromatic rings. The van der Waals surface area contributed by atoms with E-state index in [1.807, 2.05) is 0 Å². The van der Waals surface area contributed by atoms with Crippen molar-refractivity contribution >= 4 is 0 Å². The standard InChI is InChI=1S/C21H41N3/c1-16(2)10-11-23-14-21-12-20(23)15-24(21)19-8-6-18(7-9-19)13-22(5)17(3)4/h16-21H,6-15H2,1-5H3/t18?,19?,20-,21-/m0/s1. The summed E-state index contributed by atoms with van der Waals surface area (Å²) in [6, 6.07) is 3.34. The fourth-order valence-electron chi connectivity index (χ4n) is 5.20. The molecule has 2 saturated heterocycles. The number of rotatable bonds is 7. The van der Waals surface area contributed by atoms with E-state index in [1.165, 1.54) is 64.7 Å². The van der Waals surface area contributed by atoms with E-state index in [1.54, 1.807) is 0 Å². The first-order valence-corrected chi connectivity index (χ1v) is 10.6. The number of hydrogen-bond donors (Lipinski definition) is 0. The summed E-state index contributed by atoms with van der Waals surface area (Å²) in [5, 5.41) is 0. The lowest BCUT2D eigenvalue weighted by atomic mass is 9.84. The van der Waals surface area contributed by atoms with Crippen LogP contribution in [-0.2, 0) is 0 Å². The SMILES string of the molecule is CC(C)CCN1C[C@@H]2C[C@H]1CN2C1CCC(CN(C)C(C)C)CC1. The van der Waals surface area contributed by atoms with E-state index < -0.39 is 0 Å². The quantitative estimate of drug-likeness (QED) is 0.702. The Balaban J connectivity index is 1.41. The predicted octanol–water partition coefficient (Wildman–Crippen LogP) is 3.69. The van der Waals surface area contributed by atoms with Crippen LogP contribution in [0.5, 0.6) is 0 Å². The van der Waals surface area contributed by atoms with Gasteiger partial charge in [0.15, 0.2) is 0 Å². The maximum absolute atomic E-state index is 2.92. The Hall–Kier alpha value is -0.120. The maximum atomic E-state index is 2.92. The van der Waals surface area contributed by atoms with Gasteiger partial charge in [0, 0.05) is 43.8 Å². The van der Waals surface area contributed by atoms with Crippen LogP contribution in [-0.4, -0.2) is 72.1 Å². The highest BCUT2D eigenvalue weighted by Crippen LogP contribution is 2.37. The number of likely N-dealkylation sites (tertiary alicyclic amines) is 2. The van der Waals surface area contributed by atoms with Crippen LogP contribution in [0.4, 0.5) is 0 Å². The fraction of sp³-hybridized carbons (Fsp3) is 1.00. The van der Waals surface area contributed by atoms with Crippen molar-refractivity contribution in [3.05, 3.63) is 0 Å². The second-order valence-electron chi connectivity index (χ2n) is 9.63. The smallest absolute Gasteiger partial charge is 0.0242 e. The number of fused-ring (bicyclic) bond motifs is 2. The van der Waals surface area contributed by atoms with Crippen molar-refractivity contribution < 1.29 is 0 Å². The van der Waals surface area contributed by atoms with E-state index in [9.17, 15) is 0 Å². The van der Waals surface area contributed by atoms with Gasteiger partial charge in [-0.05, 0) is 77.8 Å². The van der Waals surface area contributed by atoms with Crippen LogP contribution in [0.3, 0.4) is 0 Å². The summed E-state index contributed by atoms with van der Waals surface area (Å²) in [5.41, 5.74) is 0. The third-order valence-electron chi connectivity index (χ3n) is 7.10. The molecule has 140 valence electrons. The maximum Gasteiger partial charge on any atom is 0.0242 e.